The Bertz CT molecular complexity index is 810. The Hall–Kier alpha value is -2.40. The zero-order valence-electron chi connectivity index (χ0n) is 11.8. The first-order valence-electron chi connectivity index (χ1n) is 6.72. The molecule has 1 N–H and O–H groups in total. The van der Waals surface area contributed by atoms with E-state index in [4.69, 9.17) is 4.52 Å². The van der Waals surface area contributed by atoms with Crippen molar-refractivity contribution in [3.05, 3.63) is 70.4 Å². The van der Waals surface area contributed by atoms with E-state index < -0.39 is 0 Å². The number of aromatic nitrogens is 1. The summed E-state index contributed by atoms with van der Waals surface area (Å²) in [5, 5.41) is 6.72. The maximum absolute atomic E-state index is 12.2. The molecule has 1 aromatic heterocycles. The van der Waals surface area contributed by atoms with Crippen molar-refractivity contribution < 1.29 is 9.32 Å². The summed E-state index contributed by atoms with van der Waals surface area (Å²) in [5.41, 5.74) is 3.41. The Morgan fingerprint density at radius 2 is 1.91 bits per heavy atom. The first-order chi connectivity index (χ1) is 10.6. The third-order valence-electron chi connectivity index (χ3n) is 3.16. The van der Waals surface area contributed by atoms with E-state index in [1.165, 1.54) is 5.56 Å². The van der Waals surface area contributed by atoms with Crippen LogP contribution in [0.1, 0.15) is 16.1 Å². The molecule has 0 saturated heterocycles. The second-order valence-electron chi connectivity index (χ2n) is 4.91. The fourth-order valence-electron chi connectivity index (χ4n) is 2.00. The number of nitrogens with one attached hydrogen (secondary N) is 1. The standard InChI is InChI=1S/C17H13BrN2O2/c1-11-5-7-12(8-6-11)15-10-16(22-20-15)17(21)19-14-4-2-3-13(18)9-14/h2-10H,1H3,(H,19,21). The highest BCUT2D eigenvalue weighted by Crippen LogP contribution is 2.21. The van der Waals surface area contributed by atoms with Crippen LogP contribution in [0.5, 0.6) is 0 Å². The van der Waals surface area contributed by atoms with Crippen molar-refractivity contribution in [2.75, 3.05) is 5.32 Å². The summed E-state index contributed by atoms with van der Waals surface area (Å²) in [5.74, 6) is -0.153. The smallest absolute Gasteiger partial charge is 0.294 e. The largest absolute Gasteiger partial charge is 0.350 e. The zero-order chi connectivity index (χ0) is 15.5. The lowest BCUT2D eigenvalue weighted by Gasteiger charge is -2.02. The van der Waals surface area contributed by atoms with Gasteiger partial charge in [-0.05, 0) is 25.1 Å². The highest BCUT2D eigenvalue weighted by Gasteiger charge is 2.14. The number of benzene rings is 2. The first-order valence-corrected chi connectivity index (χ1v) is 7.52. The number of aryl methyl sites for hydroxylation is 1. The van der Waals surface area contributed by atoms with E-state index in [2.05, 4.69) is 26.4 Å². The van der Waals surface area contributed by atoms with Gasteiger partial charge < -0.3 is 9.84 Å². The predicted octanol–water partition coefficient (Wildman–Crippen LogP) is 4.66. The van der Waals surface area contributed by atoms with Crippen LogP contribution in [0.2, 0.25) is 0 Å². The molecule has 0 radical (unpaired) electrons. The van der Waals surface area contributed by atoms with Crippen LogP contribution in [0.25, 0.3) is 11.3 Å². The number of amides is 1. The molecule has 1 heterocycles. The molecule has 0 saturated carbocycles. The second-order valence-corrected chi connectivity index (χ2v) is 5.82. The molecule has 0 unspecified atom stereocenters. The van der Waals surface area contributed by atoms with Crippen LogP contribution in [0.3, 0.4) is 0 Å². The van der Waals surface area contributed by atoms with Crippen molar-refractivity contribution in [1.82, 2.24) is 5.16 Å². The van der Waals surface area contributed by atoms with Gasteiger partial charge in [-0.15, -0.1) is 0 Å². The van der Waals surface area contributed by atoms with Gasteiger partial charge in [-0.2, -0.15) is 0 Å². The maximum Gasteiger partial charge on any atom is 0.294 e. The highest BCUT2D eigenvalue weighted by molar-refractivity contribution is 9.10. The molecule has 0 aliphatic rings. The van der Waals surface area contributed by atoms with Gasteiger partial charge in [-0.25, -0.2) is 0 Å². The summed E-state index contributed by atoms with van der Waals surface area (Å²) in [6.07, 6.45) is 0. The minimum Gasteiger partial charge on any atom is -0.350 e. The number of hydrogen-bond donors (Lipinski definition) is 1. The van der Waals surface area contributed by atoms with Gasteiger partial charge in [0, 0.05) is 21.8 Å². The molecule has 5 heteroatoms. The average Bonchev–Trinajstić information content (AvgIpc) is 2.98. The van der Waals surface area contributed by atoms with Gasteiger partial charge in [0.2, 0.25) is 5.76 Å². The predicted molar refractivity (Wildman–Crippen MR) is 88.8 cm³/mol. The number of hydrogen-bond acceptors (Lipinski definition) is 3. The number of nitrogens with zero attached hydrogens (tertiary/aromatic N) is 1. The topological polar surface area (TPSA) is 55.1 Å². The van der Waals surface area contributed by atoms with Gasteiger partial charge in [0.05, 0.1) is 0 Å². The monoisotopic (exact) mass is 356 g/mol. The second kappa shape index (κ2) is 6.15. The lowest BCUT2D eigenvalue weighted by Crippen LogP contribution is -2.10. The van der Waals surface area contributed by atoms with E-state index >= 15 is 0 Å². The number of halogens is 1. The van der Waals surface area contributed by atoms with Crippen LogP contribution >= 0.6 is 15.9 Å². The normalized spacial score (nSPS) is 10.5. The molecule has 22 heavy (non-hydrogen) atoms. The minimum atomic E-state index is -0.330. The summed E-state index contributed by atoms with van der Waals surface area (Å²) in [6.45, 7) is 2.02. The maximum atomic E-state index is 12.2. The molecular weight excluding hydrogens is 344 g/mol. The van der Waals surface area contributed by atoms with Gasteiger partial charge in [0.25, 0.3) is 5.91 Å². The van der Waals surface area contributed by atoms with Gasteiger partial charge in [-0.1, -0.05) is 57.0 Å². The summed E-state index contributed by atoms with van der Waals surface area (Å²) in [7, 11) is 0. The minimum absolute atomic E-state index is 0.176. The SMILES string of the molecule is Cc1ccc(-c2cc(C(=O)Nc3cccc(Br)c3)on2)cc1. The lowest BCUT2D eigenvalue weighted by atomic mass is 10.1. The van der Waals surface area contributed by atoms with Crippen molar-refractivity contribution >= 4 is 27.5 Å². The van der Waals surface area contributed by atoms with Gasteiger partial charge in [0.1, 0.15) is 5.69 Å². The van der Waals surface area contributed by atoms with E-state index in [-0.39, 0.29) is 11.7 Å². The van der Waals surface area contributed by atoms with Crippen LogP contribution in [-0.2, 0) is 0 Å². The Morgan fingerprint density at radius 1 is 1.14 bits per heavy atom. The van der Waals surface area contributed by atoms with Crippen LogP contribution in [0.4, 0.5) is 5.69 Å². The Labute approximate surface area is 136 Å². The van der Waals surface area contributed by atoms with Crippen LogP contribution in [-0.4, -0.2) is 11.1 Å². The first kappa shape index (κ1) is 14.5. The molecular formula is C17H13BrN2O2. The third kappa shape index (κ3) is 3.26. The van der Waals surface area contributed by atoms with Crippen LogP contribution in [0, 0.1) is 6.92 Å². The van der Waals surface area contributed by atoms with E-state index in [1.807, 2.05) is 49.4 Å². The Morgan fingerprint density at radius 3 is 2.64 bits per heavy atom. The molecule has 0 bridgehead atoms. The number of carbonyl (C=O) groups is 1. The highest BCUT2D eigenvalue weighted by atomic mass is 79.9. The third-order valence-corrected chi connectivity index (χ3v) is 3.66. The molecule has 0 aliphatic carbocycles. The summed E-state index contributed by atoms with van der Waals surface area (Å²) >= 11 is 3.36. The Balaban J connectivity index is 1.78. The van der Waals surface area contributed by atoms with Crippen molar-refractivity contribution in [2.45, 2.75) is 6.92 Å². The lowest BCUT2D eigenvalue weighted by molar-refractivity contribution is 0.0988. The summed E-state index contributed by atoms with van der Waals surface area (Å²) < 4.78 is 6.03. The van der Waals surface area contributed by atoms with Crippen LogP contribution < -0.4 is 5.32 Å². The molecule has 0 spiro atoms. The van der Waals surface area contributed by atoms with E-state index in [1.54, 1.807) is 12.1 Å². The molecule has 2 aromatic carbocycles. The molecule has 110 valence electrons. The molecule has 3 aromatic rings. The van der Waals surface area contributed by atoms with Gasteiger partial charge in [-0.3, -0.25) is 4.79 Å². The molecule has 4 nitrogen and oxygen atoms in total. The van der Waals surface area contributed by atoms with Gasteiger partial charge >= 0.3 is 0 Å². The fraction of sp³-hybridized carbons (Fsp3) is 0.0588. The average molecular weight is 357 g/mol. The van der Waals surface area contributed by atoms with E-state index in [9.17, 15) is 4.79 Å². The van der Waals surface area contributed by atoms with Gasteiger partial charge in [0.15, 0.2) is 0 Å². The number of carbonyl (C=O) groups excluding carboxylic acids is 1. The summed E-state index contributed by atoms with van der Waals surface area (Å²) in [6, 6.07) is 16.9. The molecule has 1 amide bonds. The fourth-order valence-corrected chi connectivity index (χ4v) is 2.40. The van der Waals surface area contributed by atoms with Crippen LogP contribution in [0.15, 0.2) is 63.6 Å². The van der Waals surface area contributed by atoms with Crippen molar-refractivity contribution in [3.8, 4) is 11.3 Å². The number of rotatable bonds is 3. The molecule has 0 atom stereocenters. The van der Waals surface area contributed by atoms with Crippen molar-refractivity contribution in [2.24, 2.45) is 0 Å². The quantitative estimate of drug-likeness (QED) is 0.741. The molecule has 0 fully saturated rings. The Kier molecular flexibility index (Phi) is 4.06. The van der Waals surface area contributed by atoms with E-state index in [0.717, 1.165) is 10.0 Å². The van der Waals surface area contributed by atoms with E-state index in [0.29, 0.717) is 11.4 Å². The van der Waals surface area contributed by atoms with Crippen molar-refractivity contribution in [1.29, 1.82) is 0 Å². The molecule has 3 rings (SSSR count). The summed E-state index contributed by atoms with van der Waals surface area (Å²) in [4.78, 5) is 12.2. The molecule has 0 aliphatic heterocycles. The number of anilines is 1. The zero-order valence-corrected chi connectivity index (χ0v) is 13.4. The van der Waals surface area contributed by atoms with Crippen molar-refractivity contribution in [3.63, 3.8) is 0 Å².